The van der Waals surface area contributed by atoms with Crippen LogP contribution in [0.25, 0.3) is 0 Å². The van der Waals surface area contributed by atoms with Gasteiger partial charge in [-0.05, 0) is 43.2 Å². The van der Waals surface area contributed by atoms with Crippen molar-refractivity contribution < 1.29 is 28.9 Å². The second-order valence-corrected chi connectivity index (χ2v) is 11.4. The first-order valence-electron chi connectivity index (χ1n) is 14.9. The highest BCUT2D eigenvalue weighted by atomic mass is 16.7. The van der Waals surface area contributed by atoms with Crippen molar-refractivity contribution in [3.63, 3.8) is 0 Å². The summed E-state index contributed by atoms with van der Waals surface area (Å²) in [6.07, 6.45) is 13.1. The van der Waals surface area contributed by atoms with Gasteiger partial charge in [-0.1, -0.05) is 91.0 Å². The minimum absolute atomic E-state index is 0.0240. The molecule has 1 saturated carbocycles. The number of ether oxygens (including phenoxy) is 3. The van der Waals surface area contributed by atoms with Crippen LogP contribution in [0.15, 0.2) is 12.1 Å². The number of carbonyl (C=O) groups excluding carboxylic acids is 2. The van der Waals surface area contributed by atoms with Crippen LogP contribution in [0.3, 0.4) is 0 Å². The normalized spacial score (nSPS) is 27.5. The molecular formula is C31H46O6. The Morgan fingerprint density at radius 3 is 2.41 bits per heavy atom. The van der Waals surface area contributed by atoms with Crippen molar-refractivity contribution in [3.8, 4) is 11.5 Å². The molecule has 1 heterocycles. The number of hydrogen-bond acceptors (Lipinski definition) is 6. The molecule has 1 aromatic carbocycles. The van der Waals surface area contributed by atoms with Crippen LogP contribution in [0.4, 0.5) is 4.79 Å². The van der Waals surface area contributed by atoms with E-state index in [2.05, 4.69) is 20.8 Å². The third-order valence-corrected chi connectivity index (χ3v) is 9.09. The van der Waals surface area contributed by atoms with Crippen molar-refractivity contribution >= 4 is 11.9 Å². The van der Waals surface area contributed by atoms with Crippen molar-refractivity contribution in [2.45, 2.75) is 134 Å². The third kappa shape index (κ3) is 5.15. The summed E-state index contributed by atoms with van der Waals surface area (Å²) in [5, 5.41) is 12.2. The van der Waals surface area contributed by atoms with Gasteiger partial charge in [0.05, 0.1) is 17.6 Å². The molecule has 1 aliphatic heterocycles. The number of ketones is 1. The largest absolute Gasteiger partial charge is 0.513 e. The fourth-order valence-electron chi connectivity index (χ4n) is 7.30. The Bertz CT molecular complexity index is 957. The Kier molecular flexibility index (Phi) is 9.20. The average Bonchev–Trinajstić information content (AvgIpc) is 3.25. The molecule has 206 valence electrons. The standard InChI is InChI=1S/C31H46O6/c1-4-7-8-9-10-11-12-13-14-20-35-29(33)36-25-16-15-22-21-23(6-3)31(34)19-17-24(32)28-30(31,18-5-2)26(22)27(25)37-28/h15-16,23,28,34H,4-14,17-21H2,1-3H3. The molecule has 6 nitrogen and oxygen atoms in total. The zero-order valence-electron chi connectivity index (χ0n) is 23.1. The van der Waals surface area contributed by atoms with E-state index in [-0.39, 0.29) is 17.5 Å². The molecule has 3 aliphatic rings. The molecule has 1 N–H and O–H groups in total. The van der Waals surface area contributed by atoms with Crippen LogP contribution < -0.4 is 9.47 Å². The lowest BCUT2D eigenvalue weighted by Gasteiger charge is -2.56. The van der Waals surface area contributed by atoms with Gasteiger partial charge in [0, 0.05) is 12.0 Å². The van der Waals surface area contributed by atoms with Gasteiger partial charge in [-0.2, -0.15) is 0 Å². The predicted molar refractivity (Wildman–Crippen MR) is 143 cm³/mol. The van der Waals surface area contributed by atoms with Gasteiger partial charge in [0.1, 0.15) is 0 Å². The second-order valence-electron chi connectivity index (χ2n) is 11.4. The summed E-state index contributed by atoms with van der Waals surface area (Å²) in [6, 6.07) is 3.74. The number of benzene rings is 1. The lowest BCUT2D eigenvalue weighted by atomic mass is 9.48. The number of aliphatic hydroxyl groups is 1. The fraction of sp³-hybridized carbons (Fsp3) is 0.742. The molecule has 0 amide bonds. The van der Waals surface area contributed by atoms with Crippen molar-refractivity contribution in [3.05, 3.63) is 23.3 Å². The predicted octanol–water partition coefficient (Wildman–Crippen LogP) is 7.21. The highest BCUT2D eigenvalue weighted by molar-refractivity contribution is 5.90. The summed E-state index contributed by atoms with van der Waals surface area (Å²) in [4.78, 5) is 25.7. The summed E-state index contributed by atoms with van der Waals surface area (Å²) >= 11 is 0. The van der Waals surface area contributed by atoms with Crippen molar-refractivity contribution in [1.82, 2.24) is 0 Å². The number of hydrogen-bond donors (Lipinski definition) is 1. The minimum Gasteiger partial charge on any atom is -0.477 e. The van der Waals surface area contributed by atoms with Crippen LogP contribution in [0.2, 0.25) is 0 Å². The maximum absolute atomic E-state index is 13.1. The van der Waals surface area contributed by atoms with Crippen LogP contribution in [0, 0.1) is 5.92 Å². The van der Waals surface area contributed by atoms with Gasteiger partial charge in [-0.3, -0.25) is 4.79 Å². The smallest absolute Gasteiger partial charge is 0.477 e. The highest BCUT2D eigenvalue weighted by Gasteiger charge is 2.70. The molecule has 6 heteroatoms. The van der Waals surface area contributed by atoms with Crippen LogP contribution in [0.1, 0.15) is 122 Å². The Labute approximate surface area is 222 Å². The first-order valence-corrected chi connectivity index (χ1v) is 14.9. The number of rotatable bonds is 14. The average molecular weight is 515 g/mol. The van der Waals surface area contributed by atoms with Crippen molar-refractivity contribution in [2.24, 2.45) is 5.92 Å². The van der Waals surface area contributed by atoms with Crippen molar-refractivity contribution in [2.75, 3.05) is 6.61 Å². The molecule has 1 fully saturated rings. The third-order valence-electron chi connectivity index (χ3n) is 9.09. The molecule has 0 aromatic heterocycles. The Morgan fingerprint density at radius 1 is 1.03 bits per heavy atom. The van der Waals surface area contributed by atoms with Crippen molar-refractivity contribution in [1.29, 1.82) is 0 Å². The van der Waals surface area contributed by atoms with E-state index in [4.69, 9.17) is 14.2 Å². The van der Waals surface area contributed by atoms with E-state index in [1.54, 1.807) is 6.07 Å². The van der Waals surface area contributed by atoms with Crippen LogP contribution in [0.5, 0.6) is 11.5 Å². The molecule has 0 saturated heterocycles. The quantitative estimate of drug-likeness (QED) is 0.160. The van der Waals surface area contributed by atoms with E-state index in [1.165, 1.54) is 38.5 Å². The molecule has 1 aromatic rings. The van der Waals surface area contributed by atoms with Gasteiger partial charge in [0.25, 0.3) is 0 Å². The Balaban J connectivity index is 1.41. The maximum atomic E-state index is 13.1. The summed E-state index contributed by atoms with van der Waals surface area (Å²) in [7, 11) is 0. The first-order chi connectivity index (χ1) is 17.9. The fourth-order valence-corrected chi connectivity index (χ4v) is 7.30. The van der Waals surface area contributed by atoms with E-state index in [0.717, 1.165) is 49.7 Å². The molecule has 0 radical (unpaired) electrons. The zero-order chi connectivity index (χ0) is 26.5. The molecule has 2 aliphatic carbocycles. The molecule has 37 heavy (non-hydrogen) atoms. The minimum atomic E-state index is -1.01. The summed E-state index contributed by atoms with van der Waals surface area (Å²) in [5.74, 6) is 0.811. The summed E-state index contributed by atoms with van der Waals surface area (Å²) < 4.78 is 17.3. The molecule has 4 unspecified atom stereocenters. The van der Waals surface area contributed by atoms with Crippen LogP contribution in [-0.4, -0.2) is 35.4 Å². The number of unbranched alkanes of at least 4 members (excludes halogenated alkanes) is 8. The van der Waals surface area contributed by atoms with E-state index in [0.29, 0.717) is 31.6 Å². The summed E-state index contributed by atoms with van der Waals surface area (Å²) in [5.41, 5.74) is 0.168. The Morgan fingerprint density at radius 2 is 1.73 bits per heavy atom. The van der Waals surface area contributed by atoms with Gasteiger partial charge in [-0.25, -0.2) is 4.79 Å². The molecule has 0 spiro atoms. The van der Waals surface area contributed by atoms with E-state index in [9.17, 15) is 14.7 Å². The second kappa shape index (κ2) is 12.2. The lowest BCUT2D eigenvalue weighted by Crippen LogP contribution is -2.68. The lowest BCUT2D eigenvalue weighted by molar-refractivity contribution is -0.167. The van der Waals surface area contributed by atoms with Gasteiger partial charge in [0.15, 0.2) is 23.4 Å². The van der Waals surface area contributed by atoms with Crippen LogP contribution in [-0.2, 0) is 21.4 Å². The number of Topliss-reactive ketones (excluding diaryl/α,β-unsaturated/α-hetero) is 1. The van der Waals surface area contributed by atoms with Crippen LogP contribution >= 0.6 is 0 Å². The molecule has 0 bridgehead atoms. The van der Waals surface area contributed by atoms with Gasteiger partial charge in [-0.15, -0.1) is 0 Å². The molecular weight excluding hydrogens is 468 g/mol. The molecule has 4 rings (SSSR count). The maximum Gasteiger partial charge on any atom is 0.513 e. The SMILES string of the molecule is CCCCCCCCCCCOC(=O)Oc1ccc2c3c1OC1C(=O)CCC(O)(C(CC)C2)C31CCC. The Hall–Kier alpha value is -2.08. The summed E-state index contributed by atoms with van der Waals surface area (Å²) in [6.45, 7) is 6.75. The molecule has 4 atom stereocenters. The monoisotopic (exact) mass is 514 g/mol. The zero-order valence-corrected chi connectivity index (χ0v) is 23.1. The van der Waals surface area contributed by atoms with E-state index >= 15 is 0 Å². The highest BCUT2D eigenvalue weighted by Crippen LogP contribution is 2.64. The topological polar surface area (TPSA) is 82.1 Å². The van der Waals surface area contributed by atoms with Gasteiger partial charge >= 0.3 is 6.16 Å². The van der Waals surface area contributed by atoms with E-state index in [1.807, 2.05) is 6.07 Å². The van der Waals surface area contributed by atoms with Gasteiger partial charge in [0.2, 0.25) is 0 Å². The van der Waals surface area contributed by atoms with E-state index < -0.39 is 23.3 Å². The van der Waals surface area contributed by atoms with Gasteiger partial charge < -0.3 is 19.3 Å². The first kappa shape index (κ1) is 27.9. The number of carbonyl (C=O) groups is 2.